The molecule has 3 rings (SSSR count). The Morgan fingerprint density at radius 3 is 2.84 bits per heavy atom. The number of carbonyl (C=O) groups excluding carboxylic acids is 1. The van der Waals surface area contributed by atoms with Crippen molar-refractivity contribution >= 4 is 17.6 Å². The highest BCUT2D eigenvalue weighted by Gasteiger charge is 2.46. The van der Waals surface area contributed by atoms with Crippen LogP contribution in [0, 0.1) is 5.82 Å². The fourth-order valence-electron chi connectivity index (χ4n) is 2.33. The van der Waals surface area contributed by atoms with Gasteiger partial charge in [0.2, 0.25) is 0 Å². The second-order valence-electron chi connectivity index (χ2n) is 5.32. The van der Waals surface area contributed by atoms with Crippen LogP contribution in [-0.2, 0) is 4.74 Å². The van der Waals surface area contributed by atoms with Gasteiger partial charge >= 0.3 is 5.92 Å². The minimum atomic E-state index is -3.44. The molecule has 0 saturated carbocycles. The number of ether oxygens (including phenoxy) is 1. The Morgan fingerprint density at radius 1 is 1.32 bits per heavy atom. The van der Waals surface area contributed by atoms with Crippen molar-refractivity contribution in [3.8, 4) is 0 Å². The maximum absolute atomic E-state index is 14.1. The number of nitrogens with two attached hydrogens (primary N) is 1. The van der Waals surface area contributed by atoms with Crippen molar-refractivity contribution < 1.29 is 22.7 Å². The summed E-state index contributed by atoms with van der Waals surface area (Å²) in [5.41, 5.74) is 5.19. The van der Waals surface area contributed by atoms with E-state index < -0.39 is 41.9 Å². The Balaban J connectivity index is 1.91. The molecule has 0 bridgehead atoms. The first-order valence-electron chi connectivity index (χ1n) is 7.22. The minimum absolute atomic E-state index is 0.128. The standard InChI is InChI=1S/C16H13F3N4O2/c17-11-5-4-9(22-14(24)12-3-1-2-6-21-12)7-10(11)13-16(18,19)8-25-15(20)23-13/h1-7,13H,8H2,(H2,20,23)(H,22,24). The van der Waals surface area contributed by atoms with Gasteiger partial charge in [-0.25, -0.2) is 18.2 Å². The molecule has 6 nitrogen and oxygen atoms in total. The van der Waals surface area contributed by atoms with Crippen molar-refractivity contribution in [3.05, 3.63) is 59.7 Å². The number of benzene rings is 1. The zero-order valence-electron chi connectivity index (χ0n) is 12.7. The molecule has 1 unspecified atom stereocenters. The number of hydrogen-bond donors (Lipinski definition) is 2. The Bertz CT molecular complexity index is 827. The summed E-state index contributed by atoms with van der Waals surface area (Å²) in [6.45, 7) is -1.00. The molecule has 0 fully saturated rings. The van der Waals surface area contributed by atoms with Gasteiger partial charge in [-0.1, -0.05) is 6.07 Å². The quantitative estimate of drug-likeness (QED) is 0.890. The molecule has 1 atom stereocenters. The lowest BCUT2D eigenvalue weighted by Crippen LogP contribution is -2.40. The van der Waals surface area contributed by atoms with Crippen molar-refractivity contribution in [2.24, 2.45) is 10.7 Å². The second-order valence-corrected chi connectivity index (χ2v) is 5.32. The van der Waals surface area contributed by atoms with E-state index in [1.165, 1.54) is 18.3 Å². The number of amides is 1. The summed E-state index contributed by atoms with van der Waals surface area (Å²) in [7, 11) is 0. The molecule has 25 heavy (non-hydrogen) atoms. The number of halogens is 3. The minimum Gasteiger partial charge on any atom is -0.459 e. The third-order valence-corrected chi connectivity index (χ3v) is 3.51. The predicted molar refractivity (Wildman–Crippen MR) is 83.9 cm³/mol. The van der Waals surface area contributed by atoms with Crippen molar-refractivity contribution in [3.63, 3.8) is 0 Å². The molecule has 1 aliphatic rings. The van der Waals surface area contributed by atoms with Gasteiger partial charge in [0.15, 0.2) is 12.6 Å². The summed E-state index contributed by atoms with van der Waals surface area (Å²) in [6.07, 6.45) is 1.44. The zero-order valence-corrected chi connectivity index (χ0v) is 12.7. The number of anilines is 1. The Labute approximate surface area is 140 Å². The number of hydrogen-bond acceptors (Lipinski definition) is 5. The lowest BCUT2D eigenvalue weighted by Gasteiger charge is -2.28. The number of aliphatic imine (C=N–C) groups is 1. The van der Waals surface area contributed by atoms with Gasteiger partial charge in [-0.05, 0) is 30.3 Å². The van der Waals surface area contributed by atoms with E-state index in [-0.39, 0.29) is 11.4 Å². The van der Waals surface area contributed by atoms with E-state index in [1.807, 2.05) is 0 Å². The summed E-state index contributed by atoms with van der Waals surface area (Å²) in [5, 5.41) is 2.48. The van der Waals surface area contributed by atoms with Crippen LogP contribution in [0.2, 0.25) is 0 Å². The Hall–Kier alpha value is -3.10. The normalized spacial score (nSPS) is 18.8. The molecule has 2 aromatic rings. The van der Waals surface area contributed by atoms with Crippen LogP contribution in [0.4, 0.5) is 18.9 Å². The van der Waals surface area contributed by atoms with Crippen molar-refractivity contribution in [1.82, 2.24) is 4.98 Å². The van der Waals surface area contributed by atoms with Gasteiger partial charge in [-0.3, -0.25) is 9.78 Å². The number of amidine groups is 1. The highest BCUT2D eigenvalue weighted by molar-refractivity contribution is 6.02. The predicted octanol–water partition coefficient (Wildman–Crippen LogP) is 2.49. The van der Waals surface area contributed by atoms with Gasteiger partial charge in [-0.15, -0.1) is 0 Å². The average molecular weight is 350 g/mol. The molecular weight excluding hydrogens is 337 g/mol. The molecule has 9 heteroatoms. The molecule has 0 spiro atoms. The number of nitrogens with one attached hydrogen (secondary N) is 1. The van der Waals surface area contributed by atoms with E-state index in [0.717, 1.165) is 12.1 Å². The Morgan fingerprint density at radius 2 is 2.12 bits per heavy atom. The van der Waals surface area contributed by atoms with Gasteiger partial charge < -0.3 is 15.8 Å². The summed E-state index contributed by atoms with van der Waals surface area (Å²) in [5.74, 6) is -4.88. The summed E-state index contributed by atoms with van der Waals surface area (Å²) in [4.78, 5) is 19.5. The topological polar surface area (TPSA) is 89.6 Å². The molecule has 2 heterocycles. The first kappa shape index (κ1) is 16.7. The number of pyridine rings is 1. The Kier molecular flexibility index (Phi) is 4.30. The SMILES string of the molecule is NC1=NC(c2cc(NC(=O)c3ccccn3)ccc2F)C(F)(F)CO1. The molecule has 1 amide bonds. The first-order valence-corrected chi connectivity index (χ1v) is 7.22. The van der Waals surface area contributed by atoms with E-state index in [4.69, 9.17) is 5.73 Å². The van der Waals surface area contributed by atoms with Crippen molar-refractivity contribution in [1.29, 1.82) is 0 Å². The molecule has 0 radical (unpaired) electrons. The van der Waals surface area contributed by atoms with Gasteiger partial charge in [0.05, 0.1) is 0 Å². The monoisotopic (exact) mass is 350 g/mol. The maximum atomic E-state index is 14.1. The lowest BCUT2D eigenvalue weighted by molar-refractivity contribution is -0.0788. The van der Waals surface area contributed by atoms with Crippen LogP contribution >= 0.6 is 0 Å². The van der Waals surface area contributed by atoms with Gasteiger partial charge in [0.1, 0.15) is 11.5 Å². The van der Waals surface area contributed by atoms with E-state index in [0.29, 0.717) is 0 Å². The van der Waals surface area contributed by atoms with E-state index in [1.54, 1.807) is 12.1 Å². The van der Waals surface area contributed by atoms with Crippen LogP contribution in [0.1, 0.15) is 22.1 Å². The van der Waals surface area contributed by atoms with Crippen LogP contribution in [-0.4, -0.2) is 29.4 Å². The number of alkyl halides is 2. The summed E-state index contributed by atoms with van der Waals surface area (Å²) in [6, 6.07) is 5.78. The third-order valence-electron chi connectivity index (χ3n) is 3.51. The third kappa shape index (κ3) is 3.54. The van der Waals surface area contributed by atoms with Crippen LogP contribution in [0.3, 0.4) is 0 Å². The molecule has 1 aromatic heterocycles. The zero-order chi connectivity index (χ0) is 18.0. The van der Waals surface area contributed by atoms with Crippen LogP contribution in [0.5, 0.6) is 0 Å². The number of rotatable bonds is 3. The highest BCUT2D eigenvalue weighted by Crippen LogP contribution is 2.39. The molecule has 1 aliphatic heterocycles. The molecule has 0 aliphatic carbocycles. The van der Waals surface area contributed by atoms with Gasteiger partial charge in [-0.2, -0.15) is 0 Å². The van der Waals surface area contributed by atoms with E-state index in [9.17, 15) is 18.0 Å². The summed E-state index contributed by atoms with van der Waals surface area (Å²) >= 11 is 0. The lowest BCUT2D eigenvalue weighted by atomic mass is 9.99. The second kappa shape index (κ2) is 6.42. The molecule has 130 valence electrons. The van der Waals surface area contributed by atoms with Gasteiger partial charge in [0, 0.05) is 17.4 Å². The van der Waals surface area contributed by atoms with E-state index >= 15 is 0 Å². The van der Waals surface area contributed by atoms with Crippen LogP contribution in [0.15, 0.2) is 47.6 Å². The first-order chi connectivity index (χ1) is 11.9. The largest absolute Gasteiger partial charge is 0.459 e. The molecular formula is C16H13F3N4O2. The number of carbonyl (C=O) groups is 1. The van der Waals surface area contributed by atoms with Crippen molar-refractivity contribution in [2.75, 3.05) is 11.9 Å². The maximum Gasteiger partial charge on any atom is 0.307 e. The highest BCUT2D eigenvalue weighted by atomic mass is 19.3. The fraction of sp³-hybridized carbons (Fsp3) is 0.188. The summed E-state index contributed by atoms with van der Waals surface area (Å²) < 4.78 is 46.6. The molecule has 3 N–H and O–H groups in total. The van der Waals surface area contributed by atoms with Crippen LogP contribution < -0.4 is 11.1 Å². The van der Waals surface area contributed by atoms with Crippen LogP contribution in [0.25, 0.3) is 0 Å². The molecule has 0 saturated heterocycles. The van der Waals surface area contributed by atoms with Gasteiger partial charge in [0.25, 0.3) is 11.9 Å². The smallest absolute Gasteiger partial charge is 0.307 e. The molecule has 1 aromatic carbocycles. The van der Waals surface area contributed by atoms with E-state index in [2.05, 4.69) is 20.0 Å². The van der Waals surface area contributed by atoms with Crippen molar-refractivity contribution in [2.45, 2.75) is 12.0 Å². The fourth-order valence-corrected chi connectivity index (χ4v) is 2.33. The number of nitrogens with zero attached hydrogens (tertiary/aromatic N) is 2. The average Bonchev–Trinajstić information content (AvgIpc) is 2.60. The number of aromatic nitrogens is 1.